The maximum atomic E-state index is 5.97. The molecule has 1 aromatic carbocycles. The van der Waals surface area contributed by atoms with Crippen LogP contribution < -0.4 is 5.73 Å². The lowest BCUT2D eigenvalue weighted by Crippen LogP contribution is -2.11. The van der Waals surface area contributed by atoms with Crippen molar-refractivity contribution in [1.82, 2.24) is 0 Å². The van der Waals surface area contributed by atoms with Crippen LogP contribution in [-0.2, 0) is 0 Å². The molecule has 0 aliphatic carbocycles. The van der Waals surface area contributed by atoms with E-state index in [-0.39, 0.29) is 6.04 Å². The van der Waals surface area contributed by atoms with Crippen LogP contribution in [0, 0.1) is 0 Å². The van der Waals surface area contributed by atoms with Gasteiger partial charge in [-0.15, -0.1) is 11.8 Å². The molecular formula is C12H13NOS. The molecule has 2 aromatic rings. The highest BCUT2D eigenvalue weighted by molar-refractivity contribution is 7.99. The lowest BCUT2D eigenvalue weighted by atomic mass is 10.3. The summed E-state index contributed by atoms with van der Waals surface area (Å²) in [6.45, 7) is 0. The summed E-state index contributed by atoms with van der Waals surface area (Å²) in [5.41, 5.74) is 5.97. The van der Waals surface area contributed by atoms with Crippen LogP contribution in [0.15, 0.2) is 58.0 Å². The summed E-state index contributed by atoms with van der Waals surface area (Å²) in [6.07, 6.45) is 1.66. The molecule has 0 radical (unpaired) electrons. The Labute approximate surface area is 93.5 Å². The highest BCUT2D eigenvalue weighted by Gasteiger charge is 2.08. The second-order valence-electron chi connectivity index (χ2n) is 3.25. The molecule has 0 fully saturated rings. The summed E-state index contributed by atoms with van der Waals surface area (Å²) in [5.74, 6) is 1.68. The molecule has 0 amide bonds. The minimum atomic E-state index is -0.0368. The molecule has 78 valence electrons. The second-order valence-corrected chi connectivity index (χ2v) is 4.34. The predicted octanol–water partition coefficient (Wildman–Crippen LogP) is 3.07. The van der Waals surface area contributed by atoms with Gasteiger partial charge in [0.1, 0.15) is 5.76 Å². The Morgan fingerprint density at radius 2 is 1.93 bits per heavy atom. The number of thioether (sulfide) groups is 1. The van der Waals surface area contributed by atoms with Crippen LogP contribution in [0.2, 0.25) is 0 Å². The van der Waals surface area contributed by atoms with Gasteiger partial charge < -0.3 is 10.2 Å². The van der Waals surface area contributed by atoms with Crippen LogP contribution in [0.25, 0.3) is 0 Å². The van der Waals surface area contributed by atoms with E-state index in [2.05, 4.69) is 12.1 Å². The number of hydrogen-bond donors (Lipinski definition) is 1. The lowest BCUT2D eigenvalue weighted by molar-refractivity contribution is 0.482. The summed E-state index contributed by atoms with van der Waals surface area (Å²) in [6, 6.07) is 14.0. The Morgan fingerprint density at radius 1 is 1.13 bits per heavy atom. The lowest BCUT2D eigenvalue weighted by Gasteiger charge is -2.07. The molecule has 0 saturated carbocycles. The molecule has 1 unspecified atom stereocenters. The molecule has 1 atom stereocenters. The van der Waals surface area contributed by atoms with Gasteiger partial charge in [0.05, 0.1) is 12.3 Å². The van der Waals surface area contributed by atoms with Crippen molar-refractivity contribution < 1.29 is 4.42 Å². The standard InChI is InChI=1S/C12H13NOS/c13-11(12-7-4-8-14-12)9-15-10-5-2-1-3-6-10/h1-8,11H,9,13H2. The first-order chi connectivity index (χ1) is 7.36. The van der Waals surface area contributed by atoms with E-state index in [1.807, 2.05) is 30.3 Å². The summed E-state index contributed by atoms with van der Waals surface area (Å²) in [4.78, 5) is 1.24. The SMILES string of the molecule is NC(CSc1ccccc1)c1ccco1. The van der Waals surface area contributed by atoms with Crippen LogP contribution in [0.3, 0.4) is 0 Å². The third-order valence-corrected chi connectivity index (χ3v) is 3.21. The van der Waals surface area contributed by atoms with Crippen LogP contribution in [-0.4, -0.2) is 5.75 Å². The van der Waals surface area contributed by atoms with E-state index in [1.54, 1.807) is 18.0 Å². The number of hydrogen-bond acceptors (Lipinski definition) is 3. The Kier molecular flexibility index (Phi) is 3.48. The van der Waals surface area contributed by atoms with Crippen molar-refractivity contribution in [3.63, 3.8) is 0 Å². The Bertz CT molecular complexity index is 385. The quantitative estimate of drug-likeness (QED) is 0.803. The molecule has 2 rings (SSSR count). The molecule has 1 heterocycles. The second kappa shape index (κ2) is 5.05. The Morgan fingerprint density at radius 3 is 2.60 bits per heavy atom. The average molecular weight is 219 g/mol. The molecule has 15 heavy (non-hydrogen) atoms. The summed E-state index contributed by atoms with van der Waals surface area (Å²) >= 11 is 1.74. The van der Waals surface area contributed by atoms with E-state index in [4.69, 9.17) is 10.2 Å². The van der Waals surface area contributed by atoms with Crippen molar-refractivity contribution in [1.29, 1.82) is 0 Å². The van der Waals surface area contributed by atoms with Crippen LogP contribution in [0.1, 0.15) is 11.8 Å². The van der Waals surface area contributed by atoms with Crippen molar-refractivity contribution in [3.8, 4) is 0 Å². The molecule has 0 spiro atoms. The fraction of sp³-hybridized carbons (Fsp3) is 0.167. The topological polar surface area (TPSA) is 39.2 Å². The van der Waals surface area contributed by atoms with Gasteiger partial charge in [0.15, 0.2) is 0 Å². The van der Waals surface area contributed by atoms with E-state index < -0.39 is 0 Å². The minimum absolute atomic E-state index is 0.0368. The van der Waals surface area contributed by atoms with Gasteiger partial charge in [0.25, 0.3) is 0 Å². The normalized spacial score (nSPS) is 12.6. The molecule has 0 bridgehead atoms. The van der Waals surface area contributed by atoms with Crippen molar-refractivity contribution in [2.24, 2.45) is 5.73 Å². The monoisotopic (exact) mass is 219 g/mol. The maximum absolute atomic E-state index is 5.97. The zero-order chi connectivity index (χ0) is 10.5. The minimum Gasteiger partial charge on any atom is -0.468 e. The van der Waals surface area contributed by atoms with Gasteiger partial charge in [0, 0.05) is 10.6 Å². The number of rotatable bonds is 4. The van der Waals surface area contributed by atoms with Crippen molar-refractivity contribution in [3.05, 3.63) is 54.5 Å². The zero-order valence-corrected chi connectivity index (χ0v) is 9.11. The maximum Gasteiger partial charge on any atom is 0.121 e. The molecule has 0 aliphatic heterocycles. The molecule has 0 saturated heterocycles. The smallest absolute Gasteiger partial charge is 0.121 e. The zero-order valence-electron chi connectivity index (χ0n) is 8.30. The van der Waals surface area contributed by atoms with Crippen molar-refractivity contribution in [2.45, 2.75) is 10.9 Å². The summed E-state index contributed by atoms with van der Waals surface area (Å²) < 4.78 is 5.25. The first-order valence-corrected chi connectivity index (χ1v) is 5.81. The average Bonchev–Trinajstić information content (AvgIpc) is 2.81. The number of benzene rings is 1. The number of nitrogens with two attached hydrogens (primary N) is 1. The Balaban J connectivity index is 1.89. The van der Waals surface area contributed by atoms with Gasteiger partial charge in [-0.05, 0) is 24.3 Å². The van der Waals surface area contributed by atoms with Gasteiger partial charge in [-0.2, -0.15) is 0 Å². The highest BCUT2D eigenvalue weighted by Crippen LogP contribution is 2.23. The van der Waals surface area contributed by atoms with Gasteiger partial charge in [-0.3, -0.25) is 0 Å². The fourth-order valence-electron chi connectivity index (χ4n) is 1.29. The molecule has 3 heteroatoms. The summed E-state index contributed by atoms with van der Waals surface area (Å²) in [5, 5.41) is 0. The van der Waals surface area contributed by atoms with Crippen LogP contribution >= 0.6 is 11.8 Å². The largest absolute Gasteiger partial charge is 0.468 e. The van der Waals surface area contributed by atoms with Gasteiger partial charge in [-0.1, -0.05) is 18.2 Å². The van der Waals surface area contributed by atoms with E-state index in [1.165, 1.54) is 4.90 Å². The van der Waals surface area contributed by atoms with Gasteiger partial charge >= 0.3 is 0 Å². The van der Waals surface area contributed by atoms with E-state index in [0.717, 1.165) is 11.5 Å². The van der Waals surface area contributed by atoms with Crippen molar-refractivity contribution in [2.75, 3.05) is 5.75 Å². The van der Waals surface area contributed by atoms with Crippen LogP contribution in [0.4, 0.5) is 0 Å². The van der Waals surface area contributed by atoms with Crippen molar-refractivity contribution >= 4 is 11.8 Å². The predicted molar refractivity (Wildman–Crippen MR) is 62.8 cm³/mol. The van der Waals surface area contributed by atoms with Gasteiger partial charge in [0.2, 0.25) is 0 Å². The molecule has 1 aromatic heterocycles. The fourth-order valence-corrected chi connectivity index (χ4v) is 2.17. The summed E-state index contributed by atoms with van der Waals surface area (Å²) in [7, 11) is 0. The van der Waals surface area contributed by atoms with Crippen LogP contribution in [0.5, 0.6) is 0 Å². The van der Waals surface area contributed by atoms with E-state index in [9.17, 15) is 0 Å². The third-order valence-electron chi connectivity index (χ3n) is 2.08. The molecule has 0 aliphatic rings. The van der Waals surface area contributed by atoms with E-state index in [0.29, 0.717) is 0 Å². The molecular weight excluding hydrogens is 206 g/mol. The van der Waals surface area contributed by atoms with Gasteiger partial charge in [-0.25, -0.2) is 0 Å². The first-order valence-electron chi connectivity index (χ1n) is 4.83. The first kappa shape index (κ1) is 10.3. The molecule has 2 nitrogen and oxygen atoms in total. The third kappa shape index (κ3) is 2.88. The Hall–Kier alpha value is -1.19. The highest BCUT2D eigenvalue weighted by atomic mass is 32.2. The number of furan rings is 1. The molecule has 2 N–H and O–H groups in total. The van der Waals surface area contributed by atoms with E-state index >= 15 is 0 Å².